The molecule has 0 unspecified atom stereocenters. The highest BCUT2D eigenvalue weighted by atomic mass is 16.5. The second-order valence-corrected chi connectivity index (χ2v) is 4.60. The summed E-state index contributed by atoms with van der Waals surface area (Å²) in [5, 5.41) is 8.48. The molecule has 0 saturated carbocycles. The molecule has 0 atom stereocenters. The van der Waals surface area contributed by atoms with Gasteiger partial charge >= 0.3 is 0 Å². The van der Waals surface area contributed by atoms with Crippen LogP contribution in [0.1, 0.15) is 31.9 Å². The first-order chi connectivity index (χ1) is 8.90. The van der Waals surface area contributed by atoms with Gasteiger partial charge in [0.2, 0.25) is 0 Å². The maximum absolute atomic E-state index is 5.67. The first kappa shape index (κ1) is 11.3. The lowest BCUT2D eigenvalue weighted by molar-refractivity contribution is 0.297. The number of benzene rings is 1. The molecule has 0 fully saturated rings. The Kier molecular flexibility index (Phi) is 3.00. The quantitative estimate of drug-likeness (QED) is 0.775. The summed E-state index contributed by atoms with van der Waals surface area (Å²) in [6.07, 6.45) is 3.60. The summed E-state index contributed by atoms with van der Waals surface area (Å²) >= 11 is 0. The van der Waals surface area contributed by atoms with Crippen LogP contribution >= 0.6 is 0 Å². The number of fused-ring (bicyclic) bond motifs is 3. The molecule has 2 aromatic rings. The van der Waals surface area contributed by atoms with Crippen molar-refractivity contribution in [3.8, 4) is 17.0 Å². The molecular weight excluding hydrogens is 226 g/mol. The number of nitrogens with zero attached hydrogens (tertiary/aromatic N) is 3. The summed E-state index contributed by atoms with van der Waals surface area (Å²) in [5.41, 5.74) is 3.19. The van der Waals surface area contributed by atoms with Crippen molar-refractivity contribution in [2.45, 2.75) is 39.3 Å². The van der Waals surface area contributed by atoms with E-state index in [-0.39, 0.29) is 0 Å². The lowest BCUT2D eigenvalue weighted by Gasteiger charge is -2.17. The van der Waals surface area contributed by atoms with Crippen molar-refractivity contribution in [2.24, 2.45) is 0 Å². The van der Waals surface area contributed by atoms with E-state index in [9.17, 15) is 0 Å². The summed E-state index contributed by atoms with van der Waals surface area (Å²) in [5.74, 6) is 0.934. The van der Waals surface area contributed by atoms with Gasteiger partial charge in [-0.2, -0.15) is 0 Å². The molecule has 4 nitrogen and oxygen atoms in total. The van der Waals surface area contributed by atoms with Crippen LogP contribution in [0.3, 0.4) is 0 Å². The molecule has 1 aliphatic rings. The van der Waals surface area contributed by atoms with Crippen molar-refractivity contribution < 1.29 is 4.74 Å². The zero-order valence-corrected chi connectivity index (χ0v) is 10.6. The predicted molar refractivity (Wildman–Crippen MR) is 69.3 cm³/mol. The van der Waals surface area contributed by atoms with Gasteiger partial charge in [0.1, 0.15) is 18.1 Å². The third-order valence-corrected chi connectivity index (χ3v) is 3.28. The number of hydrogen-bond acceptors (Lipinski definition) is 3. The van der Waals surface area contributed by atoms with E-state index in [0.29, 0.717) is 6.61 Å². The van der Waals surface area contributed by atoms with E-state index < -0.39 is 0 Å². The summed E-state index contributed by atoms with van der Waals surface area (Å²) in [7, 11) is 0. The van der Waals surface area contributed by atoms with Crippen molar-refractivity contribution in [2.75, 3.05) is 0 Å². The molecule has 0 bridgehead atoms. The summed E-state index contributed by atoms with van der Waals surface area (Å²) in [6, 6.07) is 8.10. The molecule has 0 spiro atoms. The van der Waals surface area contributed by atoms with Crippen molar-refractivity contribution in [3.63, 3.8) is 0 Å². The smallest absolute Gasteiger partial charge is 0.134 e. The minimum atomic E-state index is 0.528. The lowest BCUT2D eigenvalue weighted by atomic mass is 10.1. The van der Waals surface area contributed by atoms with Gasteiger partial charge in [-0.05, 0) is 18.6 Å². The predicted octanol–water partition coefficient (Wildman–Crippen LogP) is 3.03. The molecular formula is C14H17N3O. The van der Waals surface area contributed by atoms with Crippen LogP contribution in [-0.2, 0) is 13.2 Å². The highest BCUT2D eigenvalue weighted by Gasteiger charge is 2.22. The van der Waals surface area contributed by atoms with Gasteiger partial charge in [-0.1, -0.05) is 37.1 Å². The topological polar surface area (TPSA) is 39.9 Å². The molecule has 1 aromatic heterocycles. The Morgan fingerprint density at radius 3 is 3.06 bits per heavy atom. The zero-order chi connectivity index (χ0) is 12.4. The van der Waals surface area contributed by atoms with E-state index in [1.807, 2.05) is 22.9 Å². The fraction of sp³-hybridized carbons (Fsp3) is 0.429. The van der Waals surface area contributed by atoms with E-state index in [1.54, 1.807) is 0 Å². The Bertz CT molecular complexity index is 548. The monoisotopic (exact) mass is 243 g/mol. The maximum atomic E-state index is 5.67. The third kappa shape index (κ3) is 1.88. The number of para-hydroxylation sites is 1. The second kappa shape index (κ2) is 4.80. The van der Waals surface area contributed by atoms with E-state index in [1.165, 1.54) is 12.8 Å². The van der Waals surface area contributed by atoms with Crippen LogP contribution in [0.25, 0.3) is 11.3 Å². The van der Waals surface area contributed by atoms with Crippen LogP contribution in [0.5, 0.6) is 5.75 Å². The molecule has 3 rings (SSSR count). The first-order valence-electron chi connectivity index (χ1n) is 6.54. The molecule has 18 heavy (non-hydrogen) atoms. The van der Waals surface area contributed by atoms with Gasteiger partial charge in [-0.3, -0.25) is 0 Å². The number of rotatable bonds is 4. The first-order valence-corrected chi connectivity index (χ1v) is 6.54. The fourth-order valence-corrected chi connectivity index (χ4v) is 2.34. The number of unbranched alkanes of at least 4 members (excludes halogenated alkanes) is 2. The van der Waals surface area contributed by atoms with E-state index in [4.69, 9.17) is 4.74 Å². The standard InChI is InChI=1S/C14H17N3O/c1-2-3-6-9-17-14-11-7-4-5-8-13(11)18-10-12(14)15-16-17/h4-5,7-8H,2-3,6,9-10H2,1H3. The number of aromatic nitrogens is 3. The molecule has 2 heterocycles. The minimum absolute atomic E-state index is 0.528. The lowest BCUT2D eigenvalue weighted by Crippen LogP contribution is -2.09. The second-order valence-electron chi connectivity index (χ2n) is 4.60. The van der Waals surface area contributed by atoms with Gasteiger partial charge in [0.15, 0.2) is 0 Å². The van der Waals surface area contributed by atoms with Crippen molar-refractivity contribution >= 4 is 0 Å². The van der Waals surface area contributed by atoms with Gasteiger partial charge < -0.3 is 4.74 Å². The van der Waals surface area contributed by atoms with E-state index in [2.05, 4.69) is 23.3 Å². The molecule has 0 aliphatic carbocycles. The van der Waals surface area contributed by atoms with Crippen LogP contribution in [0, 0.1) is 0 Å². The largest absolute Gasteiger partial charge is 0.486 e. The summed E-state index contributed by atoms with van der Waals surface area (Å²) in [4.78, 5) is 0. The van der Waals surface area contributed by atoms with Crippen molar-refractivity contribution in [1.82, 2.24) is 15.0 Å². The summed E-state index contributed by atoms with van der Waals surface area (Å²) < 4.78 is 7.69. The molecule has 4 heteroatoms. The molecule has 0 amide bonds. The molecule has 1 aromatic carbocycles. The molecule has 94 valence electrons. The van der Waals surface area contributed by atoms with Crippen LogP contribution in [0.2, 0.25) is 0 Å². The van der Waals surface area contributed by atoms with Gasteiger partial charge in [0.25, 0.3) is 0 Å². The van der Waals surface area contributed by atoms with Crippen molar-refractivity contribution in [1.29, 1.82) is 0 Å². The van der Waals surface area contributed by atoms with Gasteiger partial charge in [-0.25, -0.2) is 4.68 Å². The van der Waals surface area contributed by atoms with Gasteiger partial charge in [0, 0.05) is 12.1 Å². The molecule has 0 radical (unpaired) electrons. The Morgan fingerprint density at radius 1 is 1.28 bits per heavy atom. The third-order valence-electron chi connectivity index (χ3n) is 3.28. The highest BCUT2D eigenvalue weighted by molar-refractivity contribution is 5.70. The molecule has 0 N–H and O–H groups in total. The molecule has 0 saturated heterocycles. The molecule has 1 aliphatic heterocycles. The van der Waals surface area contributed by atoms with Crippen molar-refractivity contribution in [3.05, 3.63) is 30.0 Å². The van der Waals surface area contributed by atoms with Crippen LogP contribution in [0.4, 0.5) is 0 Å². The zero-order valence-electron chi connectivity index (χ0n) is 10.6. The van der Waals surface area contributed by atoms with Crippen LogP contribution in [-0.4, -0.2) is 15.0 Å². The Morgan fingerprint density at radius 2 is 2.17 bits per heavy atom. The van der Waals surface area contributed by atoms with Crippen LogP contribution < -0.4 is 4.74 Å². The highest BCUT2D eigenvalue weighted by Crippen LogP contribution is 2.36. The Hall–Kier alpha value is -1.84. The maximum Gasteiger partial charge on any atom is 0.134 e. The van der Waals surface area contributed by atoms with Gasteiger partial charge in [-0.15, -0.1) is 5.10 Å². The van der Waals surface area contributed by atoms with E-state index >= 15 is 0 Å². The van der Waals surface area contributed by atoms with Crippen LogP contribution in [0.15, 0.2) is 24.3 Å². The average molecular weight is 243 g/mol. The fourth-order valence-electron chi connectivity index (χ4n) is 2.34. The average Bonchev–Trinajstić information content (AvgIpc) is 2.83. The van der Waals surface area contributed by atoms with Gasteiger partial charge in [0.05, 0.1) is 5.69 Å². The number of aryl methyl sites for hydroxylation is 1. The normalized spacial score (nSPS) is 12.7. The summed E-state index contributed by atoms with van der Waals surface area (Å²) in [6.45, 7) is 3.67. The number of ether oxygens (including phenoxy) is 1. The Labute approximate surface area is 107 Å². The van der Waals surface area contributed by atoms with E-state index in [0.717, 1.165) is 35.7 Å². The Balaban J connectivity index is 1.95. The SMILES string of the molecule is CCCCCn1nnc2c1-c1ccccc1OC2. The number of hydrogen-bond donors (Lipinski definition) is 0. The minimum Gasteiger partial charge on any atom is -0.486 e.